The van der Waals surface area contributed by atoms with Gasteiger partial charge in [-0.15, -0.1) is 0 Å². The van der Waals surface area contributed by atoms with Crippen LogP contribution in [0, 0.1) is 12.7 Å². The van der Waals surface area contributed by atoms with Gasteiger partial charge in [-0.3, -0.25) is 9.69 Å². The Morgan fingerprint density at radius 1 is 1.35 bits per heavy atom. The first kappa shape index (κ1) is 16.8. The lowest BCUT2D eigenvalue weighted by atomic mass is 9.88. The lowest BCUT2D eigenvalue weighted by Gasteiger charge is -2.31. The number of aldehydes is 1. The number of nitrogens with one attached hydrogen (secondary N) is 1. The molecule has 3 aliphatic heterocycles. The number of carbonyl (C=O) groups excluding carboxylic acids is 1. The van der Waals surface area contributed by atoms with Crippen LogP contribution < -0.4 is 5.32 Å². The van der Waals surface area contributed by atoms with Gasteiger partial charge in [-0.05, 0) is 60.7 Å². The summed E-state index contributed by atoms with van der Waals surface area (Å²) in [6.45, 7) is 2.60. The monoisotopic (exact) mass is 351 g/mol. The molecule has 3 unspecified atom stereocenters. The van der Waals surface area contributed by atoms with Crippen molar-refractivity contribution in [1.29, 1.82) is 0 Å². The maximum absolute atomic E-state index is 13.7. The van der Waals surface area contributed by atoms with Crippen molar-refractivity contribution in [2.24, 2.45) is 0 Å². The van der Waals surface area contributed by atoms with Crippen molar-refractivity contribution in [2.45, 2.75) is 25.2 Å². The van der Waals surface area contributed by atoms with E-state index < -0.39 is 0 Å². The van der Waals surface area contributed by atoms with Gasteiger partial charge in [-0.2, -0.15) is 0 Å². The third kappa shape index (κ3) is 2.78. The number of benzene rings is 1. The molecule has 1 saturated heterocycles. The van der Waals surface area contributed by atoms with E-state index in [-0.39, 0.29) is 24.1 Å². The minimum absolute atomic E-state index is 0.0252. The second-order valence-electron chi connectivity index (χ2n) is 7.03. The number of allylic oxidation sites excluding steroid dienone is 3. The van der Waals surface area contributed by atoms with E-state index in [0.717, 1.165) is 29.5 Å². The molecule has 0 saturated carbocycles. The summed E-state index contributed by atoms with van der Waals surface area (Å²) >= 11 is 0. The Labute approximate surface area is 153 Å². The molecule has 1 aromatic carbocycles. The summed E-state index contributed by atoms with van der Waals surface area (Å²) in [4.78, 5) is 15.5. The number of aryl methyl sites for hydroxylation is 1. The van der Waals surface area contributed by atoms with Crippen molar-refractivity contribution >= 4 is 6.29 Å². The minimum atomic E-state index is -0.206. The molecule has 4 nitrogen and oxygen atoms in total. The number of carbonyl (C=O) groups is 1. The number of hydrogen-bond donors (Lipinski definition) is 1. The summed E-state index contributed by atoms with van der Waals surface area (Å²) in [6.07, 6.45) is 13.1. The lowest BCUT2D eigenvalue weighted by molar-refractivity contribution is -0.114. The number of fused-ring (bicyclic) bond motifs is 1. The molecule has 3 aliphatic rings. The molecular formula is C21H22FN3O. The molecule has 5 heteroatoms. The Kier molecular flexibility index (Phi) is 4.24. The van der Waals surface area contributed by atoms with Crippen LogP contribution >= 0.6 is 0 Å². The van der Waals surface area contributed by atoms with Crippen molar-refractivity contribution in [3.05, 3.63) is 83.0 Å². The molecule has 26 heavy (non-hydrogen) atoms. The minimum Gasteiger partial charge on any atom is -0.380 e. The highest BCUT2D eigenvalue weighted by Crippen LogP contribution is 2.34. The highest BCUT2D eigenvalue weighted by atomic mass is 19.1. The number of nitrogens with zero attached hydrogens (tertiary/aromatic N) is 2. The van der Waals surface area contributed by atoms with Gasteiger partial charge >= 0.3 is 0 Å². The Balaban J connectivity index is 1.65. The van der Waals surface area contributed by atoms with Crippen molar-refractivity contribution in [3.63, 3.8) is 0 Å². The Hall–Kier alpha value is -2.66. The van der Waals surface area contributed by atoms with Gasteiger partial charge in [0.25, 0.3) is 0 Å². The van der Waals surface area contributed by atoms with Gasteiger partial charge in [-0.1, -0.05) is 24.3 Å². The second-order valence-corrected chi connectivity index (χ2v) is 7.03. The van der Waals surface area contributed by atoms with Crippen LogP contribution in [0.2, 0.25) is 0 Å². The highest BCUT2D eigenvalue weighted by Gasteiger charge is 2.36. The molecule has 0 aliphatic carbocycles. The van der Waals surface area contributed by atoms with Gasteiger partial charge in [0.2, 0.25) is 0 Å². The van der Waals surface area contributed by atoms with Crippen LogP contribution in [0.3, 0.4) is 0 Å². The summed E-state index contributed by atoms with van der Waals surface area (Å²) in [5.41, 5.74) is 3.95. The maximum Gasteiger partial charge on any atom is 0.157 e. The number of halogens is 1. The van der Waals surface area contributed by atoms with Crippen LogP contribution in [0.25, 0.3) is 0 Å². The SMILES string of the molecule is Cc1cc(C2NC=CC=C2C2=CC3CN(C)C(C=O)N3C=C2)ccc1F. The molecule has 1 aromatic rings. The molecule has 0 bridgehead atoms. The third-order valence-electron chi connectivity index (χ3n) is 5.33. The van der Waals surface area contributed by atoms with E-state index >= 15 is 0 Å². The number of likely N-dealkylation sites (N-methyl/N-ethyl adjacent to an activating group) is 1. The average molecular weight is 351 g/mol. The molecule has 0 aromatic heterocycles. The van der Waals surface area contributed by atoms with E-state index in [9.17, 15) is 9.18 Å². The zero-order chi connectivity index (χ0) is 18.3. The van der Waals surface area contributed by atoms with E-state index in [4.69, 9.17) is 0 Å². The molecule has 134 valence electrons. The largest absolute Gasteiger partial charge is 0.380 e. The maximum atomic E-state index is 13.7. The fourth-order valence-corrected chi connectivity index (χ4v) is 3.93. The Morgan fingerprint density at radius 2 is 2.19 bits per heavy atom. The molecule has 3 atom stereocenters. The summed E-state index contributed by atoms with van der Waals surface area (Å²) < 4.78 is 13.7. The topological polar surface area (TPSA) is 35.6 Å². The Morgan fingerprint density at radius 3 is 2.96 bits per heavy atom. The van der Waals surface area contributed by atoms with Crippen LogP contribution in [0.1, 0.15) is 17.2 Å². The first-order chi connectivity index (χ1) is 12.6. The van der Waals surface area contributed by atoms with Crippen molar-refractivity contribution in [2.75, 3.05) is 13.6 Å². The summed E-state index contributed by atoms with van der Waals surface area (Å²) in [5, 5.41) is 3.39. The van der Waals surface area contributed by atoms with Gasteiger partial charge in [-0.25, -0.2) is 4.39 Å². The van der Waals surface area contributed by atoms with Crippen LogP contribution in [0.5, 0.6) is 0 Å². The number of hydrogen-bond acceptors (Lipinski definition) is 4. The third-order valence-corrected chi connectivity index (χ3v) is 5.33. The molecule has 0 spiro atoms. The quantitative estimate of drug-likeness (QED) is 0.850. The highest BCUT2D eigenvalue weighted by molar-refractivity contribution is 5.60. The van der Waals surface area contributed by atoms with Gasteiger partial charge in [0, 0.05) is 12.7 Å². The normalized spacial score (nSPS) is 27.7. The molecule has 3 heterocycles. The summed E-state index contributed by atoms with van der Waals surface area (Å²) in [6, 6.07) is 5.40. The Bertz CT molecular complexity index is 855. The van der Waals surface area contributed by atoms with E-state index in [1.54, 1.807) is 6.92 Å². The summed E-state index contributed by atoms with van der Waals surface area (Å²) in [5.74, 6) is -0.188. The van der Waals surface area contributed by atoms with Crippen molar-refractivity contribution < 1.29 is 9.18 Å². The van der Waals surface area contributed by atoms with E-state index in [2.05, 4.69) is 33.3 Å². The van der Waals surface area contributed by atoms with Gasteiger partial charge in [0.1, 0.15) is 12.0 Å². The predicted octanol–water partition coefficient (Wildman–Crippen LogP) is 2.81. The molecule has 1 fully saturated rings. The number of rotatable bonds is 3. The van der Waals surface area contributed by atoms with Crippen LogP contribution in [0.4, 0.5) is 4.39 Å². The van der Waals surface area contributed by atoms with E-state index in [0.29, 0.717) is 5.56 Å². The van der Waals surface area contributed by atoms with Crippen LogP contribution in [-0.2, 0) is 4.79 Å². The van der Waals surface area contributed by atoms with Crippen LogP contribution in [0.15, 0.2) is 66.0 Å². The first-order valence-electron chi connectivity index (χ1n) is 8.80. The fourth-order valence-electron chi connectivity index (χ4n) is 3.93. The molecule has 4 rings (SSSR count). The second kappa shape index (κ2) is 6.57. The van der Waals surface area contributed by atoms with Crippen molar-refractivity contribution in [3.8, 4) is 0 Å². The van der Waals surface area contributed by atoms with E-state index in [1.807, 2.05) is 37.7 Å². The van der Waals surface area contributed by atoms with Gasteiger partial charge in [0.15, 0.2) is 6.29 Å². The van der Waals surface area contributed by atoms with Gasteiger partial charge in [0.05, 0.1) is 12.1 Å². The first-order valence-corrected chi connectivity index (χ1v) is 8.80. The fraction of sp³-hybridized carbons (Fsp3) is 0.286. The predicted molar refractivity (Wildman–Crippen MR) is 99.6 cm³/mol. The van der Waals surface area contributed by atoms with Crippen LogP contribution in [-0.4, -0.2) is 41.9 Å². The zero-order valence-electron chi connectivity index (χ0n) is 14.9. The van der Waals surface area contributed by atoms with Gasteiger partial charge < -0.3 is 10.2 Å². The standard InChI is InChI=1S/C21H22FN3O/c1-14-10-16(5-6-19(14)22)21-18(4-3-8-23-21)15-7-9-25-17(11-15)12-24(2)20(25)13-26/h3-11,13,17,20-21,23H,12H2,1-2H3. The smallest absolute Gasteiger partial charge is 0.157 e. The molecule has 0 radical (unpaired) electrons. The van der Waals surface area contributed by atoms with Crippen molar-refractivity contribution in [1.82, 2.24) is 15.1 Å². The zero-order valence-corrected chi connectivity index (χ0v) is 14.9. The number of dihydropyridines is 1. The molecule has 0 amide bonds. The molecule has 1 N–H and O–H groups in total. The average Bonchev–Trinajstić information content (AvgIpc) is 2.98. The molecular weight excluding hydrogens is 329 g/mol. The summed E-state index contributed by atoms with van der Waals surface area (Å²) in [7, 11) is 1.97. The lowest BCUT2D eigenvalue weighted by Crippen LogP contribution is -2.37. The van der Waals surface area contributed by atoms with E-state index in [1.165, 1.54) is 6.07 Å².